The lowest BCUT2D eigenvalue weighted by atomic mass is 10.2. The van der Waals surface area contributed by atoms with Crippen molar-refractivity contribution < 1.29 is 14.3 Å². The minimum absolute atomic E-state index is 0.396. The Kier molecular flexibility index (Phi) is 4.53. The second kappa shape index (κ2) is 6.74. The van der Waals surface area contributed by atoms with E-state index in [9.17, 15) is 9.59 Å². The van der Waals surface area contributed by atoms with Crippen molar-refractivity contribution in [3.8, 4) is 0 Å². The predicted molar refractivity (Wildman–Crippen MR) is 80.4 cm³/mol. The Morgan fingerprint density at radius 2 is 1.59 bits per heavy atom. The third kappa shape index (κ3) is 3.19. The van der Waals surface area contributed by atoms with E-state index in [0.29, 0.717) is 52.5 Å². The zero-order chi connectivity index (χ0) is 15.4. The summed E-state index contributed by atoms with van der Waals surface area (Å²) in [6.45, 7) is 4.57. The first-order chi connectivity index (χ1) is 10.8. The molecule has 2 fully saturated rings. The number of hydrogen-bond donors (Lipinski definition) is 0. The lowest BCUT2D eigenvalue weighted by molar-refractivity contribution is -0.154. The van der Waals surface area contributed by atoms with Gasteiger partial charge in [0.2, 0.25) is 0 Å². The van der Waals surface area contributed by atoms with Gasteiger partial charge in [0.1, 0.15) is 0 Å². The number of piperazine rings is 1. The van der Waals surface area contributed by atoms with Crippen LogP contribution in [-0.4, -0.2) is 79.1 Å². The average Bonchev–Trinajstić information content (AvgIpc) is 2.62. The standard InChI is InChI=1S/C15H20N4O3/c20-14(15(21)19-8-10-22-11-9-19)18-6-4-17(5-7-18)13-2-1-3-16-12-13/h1-3,12H,4-11H2. The molecule has 0 bridgehead atoms. The van der Waals surface area contributed by atoms with E-state index < -0.39 is 11.8 Å². The van der Waals surface area contributed by atoms with E-state index in [4.69, 9.17) is 4.74 Å². The van der Waals surface area contributed by atoms with Gasteiger partial charge >= 0.3 is 11.8 Å². The molecular weight excluding hydrogens is 284 g/mol. The Balaban J connectivity index is 1.54. The normalized spacial score (nSPS) is 19.2. The first kappa shape index (κ1) is 14.8. The summed E-state index contributed by atoms with van der Waals surface area (Å²) >= 11 is 0. The van der Waals surface area contributed by atoms with Gasteiger partial charge in [-0.05, 0) is 12.1 Å². The molecule has 1 aromatic rings. The number of rotatable bonds is 1. The van der Waals surface area contributed by atoms with E-state index in [-0.39, 0.29) is 0 Å². The van der Waals surface area contributed by atoms with E-state index >= 15 is 0 Å². The van der Waals surface area contributed by atoms with Gasteiger partial charge in [-0.15, -0.1) is 0 Å². The van der Waals surface area contributed by atoms with Gasteiger partial charge in [0, 0.05) is 45.5 Å². The van der Waals surface area contributed by atoms with Gasteiger partial charge in [0.15, 0.2) is 0 Å². The lowest BCUT2D eigenvalue weighted by Gasteiger charge is -2.36. The summed E-state index contributed by atoms with van der Waals surface area (Å²) in [5.41, 5.74) is 1.05. The average molecular weight is 304 g/mol. The Morgan fingerprint density at radius 1 is 0.955 bits per heavy atom. The second-order valence-corrected chi connectivity index (χ2v) is 5.40. The lowest BCUT2D eigenvalue weighted by Crippen LogP contribution is -2.54. The summed E-state index contributed by atoms with van der Waals surface area (Å²) in [5, 5.41) is 0. The van der Waals surface area contributed by atoms with Crippen LogP contribution in [0.4, 0.5) is 5.69 Å². The van der Waals surface area contributed by atoms with Crippen LogP contribution in [0, 0.1) is 0 Å². The summed E-state index contributed by atoms with van der Waals surface area (Å²) in [4.78, 5) is 34.0. The summed E-state index contributed by atoms with van der Waals surface area (Å²) in [6, 6.07) is 3.90. The molecule has 2 amide bonds. The molecule has 0 unspecified atom stereocenters. The van der Waals surface area contributed by atoms with Crippen LogP contribution in [0.25, 0.3) is 0 Å². The van der Waals surface area contributed by atoms with Gasteiger partial charge in [-0.3, -0.25) is 14.6 Å². The fourth-order valence-corrected chi connectivity index (χ4v) is 2.75. The molecule has 22 heavy (non-hydrogen) atoms. The molecule has 0 aromatic carbocycles. The molecule has 1 aromatic heterocycles. The van der Waals surface area contributed by atoms with Crippen LogP contribution in [0.5, 0.6) is 0 Å². The van der Waals surface area contributed by atoms with Crippen molar-refractivity contribution in [1.29, 1.82) is 0 Å². The van der Waals surface area contributed by atoms with Crippen LogP contribution < -0.4 is 4.90 Å². The summed E-state index contributed by atoms with van der Waals surface area (Å²) in [5.74, 6) is -0.800. The Bertz CT molecular complexity index is 523. The fraction of sp³-hybridized carbons (Fsp3) is 0.533. The summed E-state index contributed by atoms with van der Waals surface area (Å²) in [7, 11) is 0. The van der Waals surface area contributed by atoms with Gasteiger partial charge in [-0.1, -0.05) is 0 Å². The summed E-state index contributed by atoms with van der Waals surface area (Å²) < 4.78 is 5.21. The molecule has 3 rings (SSSR count). The predicted octanol–water partition coefficient (Wildman–Crippen LogP) is -0.411. The van der Waals surface area contributed by atoms with Gasteiger partial charge in [-0.2, -0.15) is 0 Å². The molecule has 0 radical (unpaired) electrons. The molecule has 7 heteroatoms. The molecule has 0 N–H and O–H groups in total. The molecule has 2 saturated heterocycles. The van der Waals surface area contributed by atoms with Crippen LogP contribution in [-0.2, 0) is 14.3 Å². The zero-order valence-electron chi connectivity index (χ0n) is 12.5. The number of morpholine rings is 1. The number of aromatic nitrogens is 1. The highest BCUT2D eigenvalue weighted by atomic mass is 16.5. The maximum Gasteiger partial charge on any atom is 0.312 e. The molecule has 3 heterocycles. The number of anilines is 1. The van der Waals surface area contributed by atoms with Gasteiger partial charge in [-0.25, -0.2) is 0 Å². The SMILES string of the molecule is O=C(C(=O)N1CCN(c2cccnc2)CC1)N1CCOCC1. The van der Waals surface area contributed by atoms with Crippen molar-refractivity contribution in [2.45, 2.75) is 0 Å². The Labute approximate surface area is 129 Å². The van der Waals surface area contributed by atoms with E-state index in [1.54, 1.807) is 16.0 Å². The molecule has 0 atom stereocenters. The monoisotopic (exact) mass is 304 g/mol. The first-order valence-electron chi connectivity index (χ1n) is 7.56. The molecule has 2 aliphatic rings. The van der Waals surface area contributed by atoms with E-state index in [1.165, 1.54) is 0 Å². The van der Waals surface area contributed by atoms with Crippen molar-refractivity contribution in [2.75, 3.05) is 57.4 Å². The number of ether oxygens (including phenoxy) is 1. The van der Waals surface area contributed by atoms with Crippen molar-refractivity contribution in [2.24, 2.45) is 0 Å². The number of carbonyl (C=O) groups is 2. The van der Waals surface area contributed by atoms with Gasteiger partial charge in [0.25, 0.3) is 0 Å². The molecule has 0 spiro atoms. The minimum atomic E-state index is -0.405. The topological polar surface area (TPSA) is 66.0 Å². The van der Waals surface area contributed by atoms with Crippen LogP contribution in [0.2, 0.25) is 0 Å². The van der Waals surface area contributed by atoms with Crippen LogP contribution in [0.3, 0.4) is 0 Å². The molecule has 2 aliphatic heterocycles. The molecule has 0 saturated carbocycles. The third-order valence-corrected chi connectivity index (χ3v) is 4.06. The van der Waals surface area contributed by atoms with Crippen LogP contribution >= 0.6 is 0 Å². The number of nitrogens with zero attached hydrogens (tertiary/aromatic N) is 4. The van der Waals surface area contributed by atoms with Crippen LogP contribution in [0.1, 0.15) is 0 Å². The van der Waals surface area contributed by atoms with Crippen molar-refractivity contribution >= 4 is 17.5 Å². The molecule has 7 nitrogen and oxygen atoms in total. The van der Waals surface area contributed by atoms with Crippen LogP contribution in [0.15, 0.2) is 24.5 Å². The summed E-state index contributed by atoms with van der Waals surface area (Å²) in [6.07, 6.45) is 3.56. The van der Waals surface area contributed by atoms with E-state index in [0.717, 1.165) is 5.69 Å². The zero-order valence-corrected chi connectivity index (χ0v) is 12.5. The number of carbonyl (C=O) groups excluding carboxylic acids is 2. The quantitative estimate of drug-likeness (QED) is 0.660. The van der Waals surface area contributed by atoms with Gasteiger partial charge < -0.3 is 19.4 Å². The molecular formula is C15H20N4O3. The van der Waals surface area contributed by atoms with Gasteiger partial charge in [0.05, 0.1) is 25.1 Å². The van der Waals surface area contributed by atoms with Crippen molar-refractivity contribution in [3.05, 3.63) is 24.5 Å². The van der Waals surface area contributed by atoms with E-state index in [2.05, 4.69) is 9.88 Å². The highest BCUT2D eigenvalue weighted by Crippen LogP contribution is 2.14. The maximum atomic E-state index is 12.3. The number of pyridine rings is 1. The van der Waals surface area contributed by atoms with Crippen molar-refractivity contribution in [3.63, 3.8) is 0 Å². The maximum absolute atomic E-state index is 12.3. The Morgan fingerprint density at radius 3 is 2.18 bits per heavy atom. The smallest absolute Gasteiger partial charge is 0.312 e. The number of amides is 2. The first-order valence-corrected chi connectivity index (χ1v) is 7.56. The van der Waals surface area contributed by atoms with E-state index in [1.807, 2.05) is 18.3 Å². The molecule has 118 valence electrons. The third-order valence-electron chi connectivity index (χ3n) is 4.06. The Hall–Kier alpha value is -2.15. The second-order valence-electron chi connectivity index (χ2n) is 5.40. The van der Waals surface area contributed by atoms with Crippen molar-refractivity contribution in [1.82, 2.24) is 14.8 Å². The minimum Gasteiger partial charge on any atom is -0.378 e. The molecule has 0 aliphatic carbocycles. The number of hydrogen-bond acceptors (Lipinski definition) is 5. The fourth-order valence-electron chi connectivity index (χ4n) is 2.75. The largest absolute Gasteiger partial charge is 0.378 e. The highest BCUT2D eigenvalue weighted by molar-refractivity contribution is 6.34. The highest BCUT2D eigenvalue weighted by Gasteiger charge is 2.30.